The van der Waals surface area contributed by atoms with Gasteiger partial charge in [-0.3, -0.25) is 4.90 Å². The van der Waals surface area contributed by atoms with Crippen molar-refractivity contribution in [2.75, 3.05) is 13.1 Å². The van der Waals surface area contributed by atoms with Crippen molar-refractivity contribution in [3.8, 4) is 0 Å². The average Bonchev–Trinajstić information content (AvgIpc) is 2.56. The summed E-state index contributed by atoms with van der Waals surface area (Å²) < 4.78 is 11.4. The second-order valence-corrected chi connectivity index (χ2v) is 8.32. The summed E-state index contributed by atoms with van der Waals surface area (Å²) in [4.78, 5) is 2.60. The lowest BCUT2D eigenvalue weighted by Gasteiger charge is -2.41. The minimum Gasteiger partial charge on any atom is -0.466 e. The maximum atomic E-state index is 5.90. The predicted octanol–water partition coefficient (Wildman–Crippen LogP) is 5.14. The zero-order valence-electron chi connectivity index (χ0n) is 15.5. The van der Waals surface area contributed by atoms with Gasteiger partial charge >= 0.3 is 0 Å². The second kappa shape index (κ2) is 7.18. The van der Waals surface area contributed by atoms with Gasteiger partial charge in [-0.25, -0.2) is 0 Å². The Morgan fingerprint density at radius 2 is 2.08 bits per heavy atom. The molecule has 0 radical (unpaired) electrons. The topological polar surface area (TPSA) is 21.7 Å². The SMILES string of the molecule is CC1CCCN(C(C2=COC=CO2)C2=C(C(C)(C)C)C=CCC2)C1. The Bertz CT molecular complexity index is 577. The van der Waals surface area contributed by atoms with Gasteiger partial charge in [0.05, 0.1) is 6.04 Å². The number of hydrogen-bond donors (Lipinski definition) is 0. The summed E-state index contributed by atoms with van der Waals surface area (Å²) in [5, 5.41) is 0. The molecule has 3 nitrogen and oxygen atoms in total. The lowest BCUT2D eigenvalue weighted by atomic mass is 9.77. The number of nitrogens with zero attached hydrogens (tertiary/aromatic N) is 1. The van der Waals surface area contributed by atoms with Crippen LogP contribution in [0.5, 0.6) is 0 Å². The van der Waals surface area contributed by atoms with Gasteiger partial charge in [0.1, 0.15) is 18.8 Å². The summed E-state index contributed by atoms with van der Waals surface area (Å²) in [6, 6.07) is 0.192. The first-order valence-electron chi connectivity index (χ1n) is 9.28. The van der Waals surface area contributed by atoms with Gasteiger partial charge in [-0.15, -0.1) is 0 Å². The number of allylic oxidation sites excluding steroid dienone is 3. The van der Waals surface area contributed by atoms with Crippen LogP contribution in [0.2, 0.25) is 0 Å². The van der Waals surface area contributed by atoms with Gasteiger partial charge in [0.15, 0.2) is 5.76 Å². The van der Waals surface area contributed by atoms with Crippen LogP contribution in [0.4, 0.5) is 0 Å². The zero-order valence-corrected chi connectivity index (χ0v) is 15.5. The monoisotopic (exact) mass is 329 g/mol. The van der Waals surface area contributed by atoms with E-state index < -0.39 is 0 Å². The average molecular weight is 329 g/mol. The van der Waals surface area contributed by atoms with E-state index in [9.17, 15) is 0 Å². The molecule has 0 spiro atoms. The maximum Gasteiger partial charge on any atom is 0.160 e. The Hall–Kier alpha value is -1.48. The van der Waals surface area contributed by atoms with Crippen molar-refractivity contribution >= 4 is 0 Å². The fourth-order valence-corrected chi connectivity index (χ4v) is 4.13. The van der Waals surface area contributed by atoms with E-state index in [1.807, 2.05) is 0 Å². The minimum absolute atomic E-state index is 0.137. The molecule has 1 aliphatic carbocycles. The third-order valence-corrected chi connectivity index (χ3v) is 5.19. The third-order valence-electron chi connectivity index (χ3n) is 5.19. The lowest BCUT2D eigenvalue weighted by Crippen LogP contribution is -2.45. The number of likely N-dealkylation sites (tertiary alicyclic amines) is 1. The van der Waals surface area contributed by atoms with Crippen LogP contribution >= 0.6 is 0 Å². The van der Waals surface area contributed by atoms with E-state index >= 15 is 0 Å². The van der Waals surface area contributed by atoms with Crippen LogP contribution in [-0.2, 0) is 9.47 Å². The standard InChI is InChI=1S/C21H31NO2/c1-16-8-7-11-22(14-16)20(19-15-23-12-13-24-19)17-9-5-6-10-18(17)21(2,3)4/h6,10,12-13,15-16,20H,5,7-9,11,14H2,1-4H3. The van der Waals surface area contributed by atoms with Crippen LogP contribution in [0.15, 0.2) is 47.8 Å². The summed E-state index contributed by atoms with van der Waals surface area (Å²) in [6.07, 6.45) is 14.5. The van der Waals surface area contributed by atoms with Gasteiger partial charge in [0, 0.05) is 6.54 Å². The molecular formula is C21H31NO2. The van der Waals surface area contributed by atoms with Crippen molar-refractivity contribution in [1.82, 2.24) is 4.90 Å². The van der Waals surface area contributed by atoms with Crippen LogP contribution < -0.4 is 0 Å². The molecule has 3 rings (SSSR count). The first-order valence-corrected chi connectivity index (χ1v) is 9.28. The van der Waals surface area contributed by atoms with Crippen LogP contribution in [0.25, 0.3) is 0 Å². The molecule has 3 aliphatic rings. The van der Waals surface area contributed by atoms with Gasteiger partial charge < -0.3 is 9.47 Å². The summed E-state index contributed by atoms with van der Waals surface area (Å²) in [7, 11) is 0. The summed E-state index contributed by atoms with van der Waals surface area (Å²) in [6.45, 7) is 11.5. The van der Waals surface area contributed by atoms with Crippen molar-refractivity contribution in [1.29, 1.82) is 0 Å². The molecule has 0 aromatic heterocycles. The summed E-state index contributed by atoms with van der Waals surface area (Å²) >= 11 is 0. The van der Waals surface area contributed by atoms with E-state index in [-0.39, 0.29) is 11.5 Å². The first-order chi connectivity index (χ1) is 11.5. The molecule has 0 aromatic rings. The van der Waals surface area contributed by atoms with Crippen LogP contribution in [0.3, 0.4) is 0 Å². The number of piperidine rings is 1. The highest BCUT2D eigenvalue weighted by Gasteiger charge is 2.35. The molecule has 1 fully saturated rings. The van der Waals surface area contributed by atoms with Crippen molar-refractivity contribution in [2.45, 2.75) is 59.4 Å². The second-order valence-electron chi connectivity index (χ2n) is 8.32. The highest BCUT2D eigenvalue weighted by molar-refractivity contribution is 5.40. The van der Waals surface area contributed by atoms with E-state index in [2.05, 4.69) is 44.7 Å². The number of rotatable bonds is 3. The number of hydrogen-bond acceptors (Lipinski definition) is 3. The van der Waals surface area contributed by atoms with E-state index in [0.29, 0.717) is 0 Å². The van der Waals surface area contributed by atoms with E-state index in [1.165, 1.54) is 24.0 Å². The molecule has 24 heavy (non-hydrogen) atoms. The van der Waals surface area contributed by atoms with Gasteiger partial charge in [-0.2, -0.15) is 0 Å². The van der Waals surface area contributed by atoms with Crippen molar-refractivity contribution in [3.63, 3.8) is 0 Å². The van der Waals surface area contributed by atoms with Crippen LogP contribution in [0.1, 0.15) is 53.4 Å². The first kappa shape index (κ1) is 17.3. The maximum absolute atomic E-state index is 5.90. The minimum atomic E-state index is 0.137. The van der Waals surface area contributed by atoms with Crippen LogP contribution in [0, 0.1) is 11.3 Å². The Balaban J connectivity index is 2.01. The van der Waals surface area contributed by atoms with Gasteiger partial charge in [0.2, 0.25) is 0 Å². The summed E-state index contributed by atoms with van der Waals surface area (Å²) in [5.41, 5.74) is 3.10. The molecule has 0 aromatic carbocycles. The largest absolute Gasteiger partial charge is 0.466 e. The molecule has 0 N–H and O–H groups in total. The highest BCUT2D eigenvalue weighted by Crippen LogP contribution is 2.39. The molecule has 0 bridgehead atoms. The van der Waals surface area contributed by atoms with Crippen molar-refractivity contribution in [3.05, 3.63) is 47.8 Å². The molecule has 132 valence electrons. The normalized spacial score (nSPS) is 26.7. The molecule has 0 amide bonds. The molecule has 2 unspecified atom stereocenters. The smallest absolute Gasteiger partial charge is 0.160 e. The Labute approximate surface area is 146 Å². The molecule has 2 atom stereocenters. The molecular weight excluding hydrogens is 298 g/mol. The van der Waals surface area contributed by atoms with Crippen LogP contribution in [-0.4, -0.2) is 24.0 Å². The van der Waals surface area contributed by atoms with E-state index in [1.54, 1.807) is 18.8 Å². The fourth-order valence-electron chi connectivity index (χ4n) is 4.13. The van der Waals surface area contributed by atoms with Crippen molar-refractivity contribution < 1.29 is 9.47 Å². The predicted molar refractivity (Wildman–Crippen MR) is 98.0 cm³/mol. The Morgan fingerprint density at radius 3 is 2.75 bits per heavy atom. The molecule has 2 heterocycles. The van der Waals surface area contributed by atoms with Gasteiger partial charge in [-0.1, -0.05) is 39.8 Å². The summed E-state index contributed by atoms with van der Waals surface area (Å²) in [5.74, 6) is 1.67. The molecule has 2 aliphatic heterocycles. The molecule has 1 saturated heterocycles. The molecule has 0 saturated carbocycles. The fraction of sp³-hybridized carbons (Fsp3) is 0.619. The Kier molecular flexibility index (Phi) is 5.19. The van der Waals surface area contributed by atoms with E-state index in [4.69, 9.17) is 9.47 Å². The molecule has 3 heteroatoms. The van der Waals surface area contributed by atoms with Gasteiger partial charge in [0.25, 0.3) is 0 Å². The van der Waals surface area contributed by atoms with Gasteiger partial charge in [-0.05, 0) is 54.7 Å². The van der Waals surface area contributed by atoms with Crippen molar-refractivity contribution in [2.24, 2.45) is 11.3 Å². The number of ether oxygens (including phenoxy) is 2. The zero-order chi connectivity index (χ0) is 17.2. The lowest BCUT2D eigenvalue weighted by molar-refractivity contribution is 0.117. The Morgan fingerprint density at radius 1 is 1.25 bits per heavy atom. The van der Waals surface area contributed by atoms with E-state index in [0.717, 1.165) is 37.6 Å². The highest BCUT2D eigenvalue weighted by atomic mass is 16.5. The quantitative estimate of drug-likeness (QED) is 0.715. The third kappa shape index (κ3) is 3.77.